The average molecular weight is 128 g/mol. The van der Waals surface area contributed by atoms with Crippen LogP contribution in [0.3, 0.4) is 0 Å². The SMILES string of the molecule is C=C1C=CCC(F)=C1F. The third-order valence-electron chi connectivity index (χ3n) is 1.14. The molecule has 0 saturated heterocycles. The van der Waals surface area contributed by atoms with Gasteiger partial charge in [-0.2, -0.15) is 0 Å². The highest BCUT2D eigenvalue weighted by Crippen LogP contribution is 2.24. The van der Waals surface area contributed by atoms with Crippen molar-refractivity contribution < 1.29 is 8.78 Å². The first-order chi connectivity index (χ1) is 4.22. The molecule has 0 aromatic rings. The van der Waals surface area contributed by atoms with Gasteiger partial charge < -0.3 is 0 Å². The van der Waals surface area contributed by atoms with Gasteiger partial charge in [0.2, 0.25) is 0 Å². The molecule has 1 aliphatic carbocycles. The molecular formula is C7H6F2. The maximum atomic E-state index is 12.3. The monoisotopic (exact) mass is 128 g/mol. The van der Waals surface area contributed by atoms with Crippen molar-refractivity contribution in [2.45, 2.75) is 6.42 Å². The van der Waals surface area contributed by atoms with Gasteiger partial charge in [0.1, 0.15) is 5.83 Å². The van der Waals surface area contributed by atoms with Crippen LogP contribution in [0, 0.1) is 0 Å². The molecule has 0 aliphatic heterocycles. The molecule has 0 N–H and O–H groups in total. The summed E-state index contributed by atoms with van der Waals surface area (Å²) >= 11 is 0. The van der Waals surface area contributed by atoms with E-state index in [-0.39, 0.29) is 12.0 Å². The molecule has 1 aliphatic rings. The van der Waals surface area contributed by atoms with Gasteiger partial charge in [-0.05, 0) is 0 Å². The summed E-state index contributed by atoms with van der Waals surface area (Å²) in [4.78, 5) is 0. The van der Waals surface area contributed by atoms with Crippen LogP contribution in [0.2, 0.25) is 0 Å². The van der Waals surface area contributed by atoms with E-state index in [1.54, 1.807) is 6.08 Å². The fourth-order valence-corrected chi connectivity index (χ4v) is 0.642. The van der Waals surface area contributed by atoms with Gasteiger partial charge in [0.05, 0.1) is 0 Å². The van der Waals surface area contributed by atoms with E-state index < -0.39 is 11.7 Å². The van der Waals surface area contributed by atoms with Gasteiger partial charge in [0.15, 0.2) is 5.83 Å². The van der Waals surface area contributed by atoms with Crippen LogP contribution < -0.4 is 0 Å². The van der Waals surface area contributed by atoms with Gasteiger partial charge >= 0.3 is 0 Å². The lowest BCUT2D eigenvalue weighted by Crippen LogP contribution is -1.87. The first-order valence-electron chi connectivity index (χ1n) is 2.62. The van der Waals surface area contributed by atoms with E-state index in [0.29, 0.717) is 0 Å². The first-order valence-corrected chi connectivity index (χ1v) is 2.62. The normalized spacial score (nSPS) is 19.1. The molecule has 0 nitrogen and oxygen atoms in total. The van der Waals surface area contributed by atoms with Gasteiger partial charge in [0, 0.05) is 12.0 Å². The lowest BCUT2D eigenvalue weighted by Gasteiger charge is -2.02. The number of halogens is 2. The van der Waals surface area contributed by atoms with E-state index in [9.17, 15) is 8.78 Å². The molecule has 0 saturated carbocycles. The zero-order valence-electron chi connectivity index (χ0n) is 4.82. The van der Waals surface area contributed by atoms with E-state index >= 15 is 0 Å². The fraction of sp³-hybridized carbons (Fsp3) is 0.143. The molecule has 9 heavy (non-hydrogen) atoms. The largest absolute Gasteiger partial charge is 0.208 e. The molecule has 0 spiro atoms. The van der Waals surface area contributed by atoms with Crippen LogP contribution in [-0.2, 0) is 0 Å². The van der Waals surface area contributed by atoms with E-state index in [2.05, 4.69) is 6.58 Å². The quantitative estimate of drug-likeness (QED) is 0.470. The van der Waals surface area contributed by atoms with Crippen molar-refractivity contribution in [2.75, 3.05) is 0 Å². The van der Waals surface area contributed by atoms with Gasteiger partial charge in [-0.25, -0.2) is 8.78 Å². The molecule has 0 bridgehead atoms. The predicted octanol–water partition coefficient (Wildman–Crippen LogP) is 2.65. The van der Waals surface area contributed by atoms with Gasteiger partial charge in [-0.3, -0.25) is 0 Å². The third kappa shape index (κ3) is 1.07. The molecule has 0 fully saturated rings. The van der Waals surface area contributed by atoms with Gasteiger partial charge in [-0.15, -0.1) is 0 Å². The van der Waals surface area contributed by atoms with E-state index in [4.69, 9.17) is 0 Å². The Morgan fingerprint density at radius 2 is 2.11 bits per heavy atom. The van der Waals surface area contributed by atoms with Crippen molar-refractivity contribution in [3.05, 3.63) is 36.0 Å². The average Bonchev–Trinajstić information content (AvgIpc) is 1.83. The smallest absolute Gasteiger partial charge is 0.161 e. The number of rotatable bonds is 0. The van der Waals surface area contributed by atoms with Crippen molar-refractivity contribution in [1.82, 2.24) is 0 Å². The summed E-state index contributed by atoms with van der Waals surface area (Å²) < 4.78 is 24.5. The molecule has 0 aromatic carbocycles. The van der Waals surface area contributed by atoms with Gasteiger partial charge in [0.25, 0.3) is 0 Å². The van der Waals surface area contributed by atoms with E-state index in [0.717, 1.165) is 0 Å². The highest BCUT2D eigenvalue weighted by molar-refractivity contribution is 5.38. The molecule has 0 heterocycles. The lowest BCUT2D eigenvalue weighted by atomic mass is 10.1. The van der Waals surface area contributed by atoms with Crippen LogP contribution in [0.5, 0.6) is 0 Å². The second-order valence-corrected chi connectivity index (χ2v) is 1.85. The summed E-state index contributed by atoms with van der Waals surface area (Å²) in [5.74, 6) is -1.53. The maximum Gasteiger partial charge on any atom is 0.161 e. The second kappa shape index (κ2) is 2.13. The van der Waals surface area contributed by atoms with E-state index in [1.807, 2.05) is 0 Å². The summed E-state index contributed by atoms with van der Waals surface area (Å²) in [6, 6.07) is 0. The maximum absolute atomic E-state index is 12.3. The number of hydrogen-bond acceptors (Lipinski definition) is 0. The fourth-order valence-electron chi connectivity index (χ4n) is 0.642. The van der Waals surface area contributed by atoms with Crippen molar-refractivity contribution in [2.24, 2.45) is 0 Å². The second-order valence-electron chi connectivity index (χ2n) is 1.85. The van der Waals surface area contributed by atoms with E-state index in [1.165, 1.54) is 6.08 Å². The van der Waals surface area contributed by atoms with Crippen LogP contribution in [0.25, 0.3) is 0 Å². The van der Waals surface area contributed by atoms with Crippen molar-refractivity contribution in [3.8, 4) is 0 Å². The van der Waals surface area contributed by atoms with Crippen LogP contribution in [0.15, 0.2) is 36.0 Å². The minimum absolute atomic E-state index is 0.0604. The topological polar surface area (TPSA) is 0 Å². The highest BCUT2D eigenvalue weighted by atomic mass is 19.2. The van der Waals surface area contributed by atoms with Crippen LogP contribution in [0.1, 0.15) is 6.42 Å². The predicted molar refractivity (Wildman–Crippen MR) is 32.1 cm³/mol. The third-order valence-corrected chi connectivity index (χ3v) is 1.14. The summed E-state index contributed by atoms with van der Waals surface area (Å²) in [7, 11) is 0. The number of hydrogen-bond donors (Lipinski definition) is 0. The Morgan fingerprint density at radius 1 is 1.44 bits per heavy atom. The molecule has 0 atom stereocenters. The Labute approximate surface area is 52.2 Å². The molecule has 0 amide bonds. The zero-order chi connectivity index (χ0) is 6.85. The minimum Gasteiger partial charge on any atom is -0.208 e. The summed E-state index contributed by atoms with van der Waals surface area (Å²) in [5, 5.41) is 0. The van der Waals surface area contributed by atoms with Crippen LogP contribution in [-0.4, -0.2) is 0 Å². The molecule has 0 radical (unpaired) electrons. The van der Waals surface area contributed by atoms with Crippen molar-refractivity contribution >= 4 is 0 Å². The Hall–Kier alpha value is -0.920. The Bertz CT molecular complexity index is 199. The summed E-state index contributed by atoms with van der Waals surface area (Å²) in [6.45, 7) is 3.29. The van der Waals surface area contributed by atoms with Gasteiger partial charge in [-0.1, -0.05) is 18.7 Å². The van der Waals surface area contributed by atoms with Crippen molar-refractivity contribution in [1.29, 1.82) is 0 Å². The summed E-state index contributed by atoms with van der Waals surface area (Å²) in [6.07, 6.45) is 3.07. The van der Waals surface area contributed by atoms with Crippen molar-refractivity contribution in [3.63, 3.8) is 0 Å². The first kappa shape index (κ1) is 6.20. The van der Waals surface area contributed by atoms with Crippen LogP contribution in [0.4, 0.5) is 8.78 Å². The Balaban J connectivity index is 2.92. The minimum atomic E-state index is -0.808. The molecule has 2 heteroatoms. The summed E-state index contributed by atoms with van der Waals surface area (Å²) in [5.41, 5.74) is 0.124. The lowest BCUT2D eigenvalue weighted by molar-refractivity contribution is 0.531. The Morgan fingerprint density at radius 3 is 2.56 bits per heavy atom. The number of allylic oxidation sites excluding steroid dienone is 5. The van der Waals surface area contributed by atoms with Crippen LogP contribution >= 0.6 is 0 Å². The Kier molecular flexibility index (Phi) is 1.47. The molecule has 48 valence electrons. The molecule has 0 aromatic heterocycles. The highest BCUT2D eigenvalue weighted by Gasteiger charge is 2.09. The molecule has 0 unspecified atom stereocenters. The molecular weight excluding hydrogens is 122 g/mol. The zero-order valence-corrected chi connectivity index (χ0v) is 4.82. The standard InChI is InChI=1S/C7H6F2/c1-5-3-2-4-6(8)7(5)9/h2-3H,1,4H2. The molecule has 1 rings (SSSR count).